The van der Waals surface area contributed by atoms with Crippen LogP contribution in [0.3, 0.4) is 0 Å². The molecule has 0 spiro atoms. The van der Waals surface area contributed by atoms with Crippen LogP contribution in [0.25, 0.3) is 11.0 Å². The number of aryl methyl sites for hydroxylation is 3. The van der Waals surface area contributed by atoms with Gasteiger partial charge in [-0.05, 0) is 51.3 Å². The van der Waals surface area contributed by atoms with Gasteiger partial charge in [-0.3, -0.25) is 0 Å². The number of carbonyl (C=O) groups excluding carboxylic acids is 2. The Morgan fingerprint density at radius 2 is 1.76 bits per heavy atom. The van der Waals surface area contributed by atoms with Crippen LogP contribution in [-0.4, -0.2) is 23.5 Å². The zero-order chi connectivity index (χ0) is 21.3. The van der Waals surface area contributed by atoms with Crippen LogP contribution in [0.5, 0.6) is 0 Å². The third-order valence-corrected chi connectivity index (χ3v) is 5.00. The van der Waals surface area contributed by atoms with Gasteiger partial charge in [0.1, 0.15) is 17.9 Å². The average Bonchev–Trinajstić information content (AvgIpc) is 2.97. The number of aromatic amines is 1. The largest absolute Gasteiger partial charge is 0.461 e. The van der Waals surface area contributed by atoms with Gasteiger partial charge in [0.25, 0.3) is 0 Å². The molecule has 0 aliphatic rings. The van der Waals surface area contributed by atoms with E-state index < -0.39 is 17.6 Å². The van der Waals surface area contributed by atoms with Crippen LogP contribution in [-0.2, 0) is 16.1 Å². The van der Waals surface area contributed by atoms with E-state index in [0.29, 0.717) is 22.4 Å². The fraction of sp³-hybridized carbons (Fsp3) is 0.318. The Morgan fingerprint density at radius 1 is 1.03 bits per heavy atom. The summed E-state index contributed by atoms with van der Waals surface area (Å²) in [5.74, 6) is -1.11. The summed E-state index contributed by atoms with van der Waals surface area (Å²) >= 11 is 0. The molecule has 7 heteroatoms. The summed E-state index contributed by atoms with van der Waals surface area (Å²) in [5, 5.41) is 0.718. The Labute approximate surface area is 167 Å². The molecular weight excluding hydrogens is 374 g/mol. The number of rotatable bonds is 5. The Morgan fingerprint density at radius 3 is 2.45 bits per heavy atom. The van der Waals surface area contributed by atoms with Crippen molar-refractivity contribution in [1.82, 2.24) is 4.98 Å². The summed E-state index contributed by atoms with van der Waals surface area (Å²) in [6.45, 7) is 9.00. The third kappa shape index (κ3) is 3.81. The van der Waals surface area contributed by atoms with Crippen LogP contribution in [0.4, 0.5) is 0 Å². The second kappa shape index (κ2) is 7.95. The summed E-state index contributed by atoms with van der Waals surface area (Å²) < 4.78 is 15.8. The molecule has 0 unspecified atom stereocenters. The third-order valence-electron chi connectivity index (χ3n) is 5.00. The van der Waals surface area contributed by atoms with Crippen molar-refractivity contribution in [2.24, 2.45) is 0 Å². The number of fused-ring (bicyclic) bond motifs is 1. The van der Waals surface area contributed by atoms with Gasteiger partial charge in [-0.15, -0.1) is 0 Å². The van der Waals surface area contributed by atoms with Gasteiger partial charge in [-0.1, -0.05) is 12.1 Å². The van der Waals surface area contributed by atoms with Gasteiger partial charge in [0, 0.05) is 22.7 Å². The second-order valence-corrected chi connectivity index (χ2v) is 6.90. The van der Waals surface area contributed by atoms with Gasteiger partial charge >= 0.3 is 17.6 Å². The van der Waals surface area contributed by atoms with Crippen LogP contribution in [0, 0.1) is 27.7 Å². The maximum Gasteiger partial charge on any atom is 0.355 e. The molecule has 3 aromatic rings. The smallest absolute Gasteiger partial charge is 0.355 e. The van der Waals surface area contributed by atoms with Gasteiger partial charge in [0.2, 0.25) is 0 Å². The van der Waals surface area contributed by atoms with Gasteiger partial charge in [-0.2, -0.15) is 0 Å². The lowest BCUT2D eigenvalue weighted by atomic mass is 10.0. The predicted octanol–water partition coefficient (Wildman–Crippen LogP) is 3.89. The number of nitrogens with one attached hydrogen (secondary N) is 1. The molecule has 7 nitrogen and oxygen atoms in total. The van der Waals surface area contributed by atoms with Crippen molar-refractivity contribution < 1.29 is 23.5 Å². The van der Waals surface area contributed by atoms with E-state index in [-0.39, 0.29) is 24.5 Å². The van der Waals surface area contributed by atoms with Gasteiger partial charge in [0.05, 0.1) is 12.2 Å². The highest BCUT2D eigenvalue weighted by atomic mass is 16.5. The minimum atomic E-state index is -0.586. The Kier molecular flexibility index (Phi) is 5.59. The predicted molar refractivity (Wildman–Crippen MR) is 107 cm³/mol. The van der Waals surface area contributed by atoms with Crippen LogP contribution in [0.15, 0.2) is 27.4 Å². The van der Waals surface area contributed by atoms with Gasteiger partial charge < -0.3 is 18.9 Å². The summed E-state index contributed by atoms with van der Waals surface area (Å²) in [6, 6.07) is 5.09. The normalized spacial score (nSPS) is 10.9. The fourth-order valence-electron chi connectivity index (χ4n) is 3.32. The van der Waals surface area contributed by atoms with Crippen LogP contribution < -0.4 is 5.63 Å². The van der Waals surface area contributed by atoms with Crippen LogP contribution in [0.1, 0.15) is 55.7 Å². The van der Waals surface area contributed by atoms with Crippen molar-refractivity contribution in [3.63, 3.8) is 0 Å². The molecule has 2 aromatic heterocycles. The van der Waals surface area contributed by atoms with Crippen LogP contribution in [0.2, 0.25) is 0 Å². The van der Waals surface area contributed by atoms with E-state index in [4.69, 9.17) is 13.9 Å². The molecule has 3 rings (SSSR count). The standard InChI is InChI=1S/C22H23NO6/c1-6-27-22(26)19-13(4)18(14(5)23-19)21(25)28-10-15-9-17(24)29-20-12(3)11(2)7-8-16(15)20/h7-9,23H,6,10H2,1-5H3. The second-order valence-electron chi connectivity index (χ2n) is 6.90. The molecule has 0 atom stereocenters. The van der Waals surface area contributed by atoms with Crippen molar-refractivity contribution in [3.05, 3.63) is 67.8 Å². The van der Waals surface area contributed by atoms with E-state index >= 15 is 0 Å². The average molecular weight is 397 g/mol. The number of hydrogen-bond acceptors (Lipinski definition) is 6. The zero-order valence-corrected chi connectivity index (χ0v) is 17.1. The topological polar surface area (TPSA) is 98.6 Å². The first-order valence-corrected chi connectivity index (χ1v) is 9.30. The Hall–Kier alpha value is -3.35. The summed E-state index contributed by atoms with van der Waals surface area (Å²) in [4.78, 5) is 39.6. The molecule has 0 saturated heterocycles. The van der Waals surface area contributed by atoms with E-state index in [1.807, 2.05) is 26.0 Å². The minimum Gasteiger partial charge on any atom is -0.461 e. The number of ether oxygens (including phenoxy) is 2. The van der Waals surface area contributed by atoms with E-state index in [0.717, 1.165) is 16.5 Å². The SMILES string of the molecule is CCOC(=O)c1[nH]c(C)c(C(=O)OCc2cc(=O)oc3c(C)c(C)ccc23)c1C. The molecule has 0 bridgehead atoms. The molecule has 0 aliphatic carbocycles. The Balaban J connectivity index is 1.90. The van der Waals surface area contributed by atoms with Crippen molar-refractivity contribution in [1.29, 1.82) is 0 Å². The lowest BCUT2D eigenvalue weighted by Gasteiger charge is -2.10. The molecule has 0 fully saturated rings. The molecule has 0 aliphatic heterocycles. The first-order valence-electron chi connectivity index (χ1n) is 9.30. The van der Waals surface area contributed by atoms with Gasteiger partial charge in [-0.25, -0.2) is 14.4 Å². The molecular formula is C22H23NO6. The first-order chi connectivity index (χ1) is 13.7. The highest BCUT2D eigenvalue weighted by molar-refractivity contribution is 5.98. The Bertz CT molecular complexity index is 1170. The van der Waals surface area contributed by atoms with Crippen molar-refractivity contribution in [2.75, 3.05) is 6.61 Å². The lowest BCUT2D eigenvalue weighted by molar-refractivity contribution is 0.0472. The summed E-state index contributed by atoms with van der Waals surface area (Å²) in [7, 11) is 0. The van der Waals surface area contributed by atoms with Crippen LogP contribution >= 0.6 is 0 Å². The highest BCUT2D eigenvalue weighted by Gasteiger charge is 2.24. The first kappa shape index (κ1) is 20.4. The molecule has 0 saturated carbocycles. The zero-order valence-electron chi connectivity index (χ0n) is 17.1. The number of carbonyl (C=O) groups is 2. The lowest BCUT2D eigenvalue weighted by Crippen LogP contribution is -2.10. The van der Waals surface area contributed by atoms with E-state index in [1.54, 1.807) is 20.8 Å². The van der Waals surface area contributed by atoms with Gasteiger partial charge in [0.15, 0.2) is 0 Å². The number of H-pyrrole nitrogens is 1. The quantitative estimate of drug-likeness (QED) is 0.518. The number of benzene rings is 1. The molecule has 2 heterocycles. The van der Waals surface area contributed by atoms with Crippen molar-refractivity contribution >= 4 is 22.9 Å². The maximum atomic E-state index is 12.7. The van der Waals surface area contributed by atoms with Crippen molar-refractivity contribution in [2.45, 2.75) is 41.2 Å². The number of esters is 2. The number of aromatic nitrogens is 1. The fourth-order valence-corrected chi connectivity index (χ4v) is 3.32. The highest BCUT2D eigenvalue weighted by Crippen LogP contribution is 2.25. The maximum absolute atomic E-state index is 12.7. The monoisotopic (exact) mass is 397 g/mol. The van der Waals surface area contributed by atoms with E-state index in [2.05, 4.69) is 4.98 Å². The van der Waals surface area contributed by atoms with E-state index in [9.17, 15) is 14.4 Å². The molecule has 1 aromatic carbocycles. The van der Waals surface area contributed by atoms with Crippen molar-refractivity contribution in [3.8, 4) is 0 Å². The summed E-state index contributed by atoms with van der Waals surface area (Å²) in [6.07, 6.45) is 0. The molecule has 1 N–H and O–H groups in total. The summed E-state index contributed by atoms with van der Waals surface area (Å²) in [5.41, 5.74) is 3.90. The minimum absolute atomic E-state index is 0.0950. The molecule has 0 radical (unpaired) electrons. The molecule has 0 amide bonds. The van der Waals surface area contributed by atoms with E-state index in [1.165, 1.54) is 6.07 Å². The number of hydrogen-bond donors (Lipinski definition) is 1. The molecule has 152 valence electrons. The molecule has 29 heavy (non-hydrogen) atoms.